The molecule has 0 saturated carbocycles. The number of nitrogens with one attached hydrogen (secondary N) is 1. The molecule has 0 aliphatic rings. The van der Waals surface area contributed by atoms with Crippen LogP contribution in [-0.4, -0.2) is 37.9 Å². The Hall–Kier alpha value is -0.610. The van der Waals surface area contributed by atoms with Crippen molar-refractivity contribution in [1.29, 1.82) is 0 Å². The van der Waals surface area contributed by atoms with Gasteiger partial charge in [0.2, 0.25) is 0 Å². The summed E-state index contributed by atoms with van der Waals surface area (Å²) in [5, 5.41) is 3.12. The predicted octanol–water partition coefficient (Wildman–Crippen LogP) is 1.73. The van der Waals surface area contributed by atoms with Gasteiger partial charge in [0.15, 0.2) is 0 Å². The fourth-order valence-electron chi connectivity index (χ4n) is 1.08. The minimum atomic E-state index is -0.365. The van der Waals surface area contributed by atoms with E-state index in [1.165, 1.54) is 7.11 Å². The molecule has 96 valence electrons. The summed E-state index contributed by atoms with van der Waals surface area (Å²) in [6, 6.07) is -0.365. The van der Waals surface area contributed by atoms with Crippen molar-refractivity contribution in [3.05, 3.63) is 0 Å². The highest BCUT2D eigenvalue weighted by molar-refractivity contribution is 5.75. The van der Waals surface area contributed by atoms with Gasteiger partial charge >= 0.3 is 5.97 Å². The molecule has 0 spiro atoms. The quantitative estimate of drug-likeness (QED) is 0.646. The number of rotatable bonds is 8. The van der Waals surface area contributed by atoms with Gasteiger partial charge in [-0.15, -0.1) is 0 Å². The average molecular weight is 231 g/mol. The predicted molar refractivity (Wildman–Crippen MR) is 64.4 cm³/mol. The van der Waals surface area contributed by atoms with E-state index < -0.39 is 0 Å². The number of esters is 1. The number of carbonyl (C=O) groups is 1. The Morgan fingerprint density at radius 3 is 2.44 bits per heavy atom. The van der Waals surface area contributed by atoms with Crippen molar-refractivity contribution >= 4 is 5.97 Å². The molecule has 0 aromatic heterocycles. The Balaban J connectivity index is 4.15. The second-order valence-corrected chi connectivity index (χ2v) is 4.45. The van der Waals surface area contributed by atoms with Crippen LogP contribution in [0.25, 0.3) is 0 Å². The Labute approximate surface area is 98.7 Å². The molecule has 4 heteroatoms. The van der Waals surface area contributed by atoms with E-state index in [0.717, 1.165) is 19.4 Å². The van der Waals surface area contributed by atoms with Crippen LogP contribution in [-0.2, 0) is 14.3 Å². The van der Waals surface area contributed by atoms with E-state index in [1.54, 1.807) is 0 Å². The molecule has 0 aromatic carbocycles. The first-order chi connectivity index (χ1) is 7.46. The molecule has 0 aliphatic carbocycles. The minimum Gasteiger partial charge on any atom is -0.468 e. The Morgan fingerprint density at radius 2 is 2.00 bits per heavy atom. The molecule has 1 atom stereocenters. The zero-order valence-electron chi connectivity index (χ0n) is 11.1. The molecular formula is C12H25NO3. The van der Waals surface area contributed by atoms with Crippen molar-refractivity contribution in [2.24, 2.45) is 0 Å². The van der Waals surface area contributed by atoms with E-state index >= 15 is 0 Å². The lowest BCUT2D eigenvalue weighted by molar-refractivity contribution is -0.146. The molecule has 0 rings (SSSR count). The van der Waals surface area contributed by atoms with Crippen LogP contribution in [0.15, 0.2) is 0 Å². The molecule has 1 unspecified atom stereocenters. The third-order valence-electron chi connectivity index (χ3n) is 2.62. The molecule has 0 heterocycles. The Kier molecular flexibility index (Phi) is 7.34. The van der Waals surface area contributed by atoms with Crippen molar-refractivity contribution in [3.8, 4) is 0 Å². The monoisotopic (exact) mass is 231 g/mol. The zero-order valence-corrected chi connectivity index (χ0v) is 11.1. The fraction of sp³-hybridized carbons (Fsp3) is 0.917. The number of carbonyl (C=O) groups excluding carboxylic acids is 1. The second-order valence-electron chi connectivity index (χ2n) is 4.45. The van der Waals surface area contributed by atoms with E-state index in [4.69, 9.17) is 9.47 Å². The van der Waals surface area contributed by atoms with Crippen LogP contribution in [0.4, 0.5) is 0 Å². The van der Waals surface area contributed by atoms with Crippen LogP contribution in [0.1, 0.15) is 40.5 Å². The Bertz CT molecular complexity index is 204. The van der Waals surface area contributed by atoms with Crippen molar-refractivity contribution in [3.63, 3.8) is 0 Å². The van der Waals surface area contributed by atoms with Crippen molar-refractivity contribution in [2.45, 2.75) is 52.2 Å². The molecule has 0 saturated heterocycles. The van der Waals surface area contributed by atoms with Crippen LogP contribution in [0.3, 0.4) is 0 Å². The van der Waals surface area contributed by atoms with Gasteiger partial charge in [-0.25, -0.2) is 0 Å². The number of methoxy groups -OCH3 is 1. The van der Waals surface area contributed by atoms with Crippen LogP contribution in [0.5, 0.6) is 0 Å². The molecule has 0 aromatic rings. The van der Waals surface area contributed by atoms with E-state index in [-0.39, 0.29) is 17.6 Å². The third kappa shape index (κ3) is 6.08. The molecule has 0 radical (unpaired) electrons. The first-order valence-electron chi connectivity index (χ1n) is 5.92. The summed E-state index contributed by atoms with van der Waals surface area (Å²) >= 11 is 0. The minimum absolute atomic E-state index is 0.194. The molecule has 0 bridgehead atoms. The van der Waals surface area contributed by atoms with Crippen molar-refractivity contribution < 1.29 is 14.3 Å². The average Bonchev–Trinajstić information content (AvgIpc) is 2.28. The maximum Gasteiger partial charge on any atom is 0.325 e. The summed E-state index contributed by atoms with van der Waals surface area (Å²) in [5.41, 5.74) is -0.194. The van der Waals surface area contributed by atoms with Crippen LogP contribution >= 0.6 is 0 Å². The fourth-order valence-corrected chi connectivity index (χ4v) is 1.08. The molecule has 0 amide bonds. The van der Waals surface area contributed by atoms with Gasteiger partial charge in [-0.3, -0.25) is 4.79 Å². The molecule has 0 fully saturated rings. The van der Waals surface area contributed by atoms with Gasteiger partial charge < -0.3 is 14.8 Å². The zero-order chi connectivity index (χ0) is 12.6. The van der Waals surface area contributed by atoms with Crippen LogP contribution < -0.4 is 5.32 Å². The summed E-state index contributed by atoms with van der Waals surface area (Å²) in [6.07, 6.45) is 1.89. The van der Waals surface area contributed by atoms with Gasteiger partial charge in [0.1, 0.15) is 6.04 Å². The second kappa shape index (κ2) is 7.63. The van der Waals surface area contributed by atoms with Crippen LogP contribution in [0, 0.1) is 0 Å². The Morgan fingerprint density at radius 1 is 1.38 bits per heavy atom. The smallest absolute Gasteiger partial charge is 0.325 e. The molecule has 0 aliphatic heterocycles. The maximum atomic E-state index is 11.5. The van der Waals surface area contributed by atoms with Gasteiger partial charge in [-0.1, -0.05) is 13.8 Å². The van der Waals surface area contributed by atoms with Crippen molar-refractivity contribution in [2.75, 3.05) is 20.3 Å². The lowest BCUT2D eigenvalue weighted by atomic mass is 10.1. The first kappa shape index (κ1) is 15.4. The SMILES string of the molecule is CCCNC(COC(C)(C)CC)C(=O)OC. The van der Waals surface area contributed by atoms with E-state index in [9.17, 15) is 4.79 Å². The van der Waals surface area contributed by atoms with Gasteiger partial charge in [0, 0.05) is 0 Å². The number of hydrogen-bond donors (Lipinski definition) is 1. The summed E-state index contributed by atoms with van der Waals surface area (Å²) in [7, 11) is 1.40. The van der Waals surface area contributed by atoms with Crippen molar-refractivity contribution in [1.82, 2.24) is 5.32 Å². The van der Waals surface area contributed by atoms with E-state index in [1.807, 2.05) is 13.8 Å². The highest BCUT2D eigenvalue weighted by Gasteiger charge is 2.23. The van der Waals surface area contributed by atoms with E-state index in [0.29, 0.717) is 6.61 Å². The largest absolute Gasteiger partial charge is 0.468 e. The van der Waals surface area contributed by atoms with Crippen LogP contribution in [0.2, 0.25) is 0 Å². The molecule has 16 heavy (non-hydrogen) atoms. The van der Waals surface area contributed by atoms with Gasteiger partial charge in [0.25, 0.3) is 0 Å². The van der Waals surface area contributed by atoms with E-state index in [2.05, 4.69) is 19.2 Å². The third-order valence-corrected chi connectivity index (χ3v) is 2.62. The summed E-state index contributed by atoms with van der Waals surface area (Å²) in [4.78, 5) is 11.5. The number of hydrogen-bond acceptors (Lipinski definition) is 4. The number of ether oxygens (including phenoxy) is 2. The summed E-state index contributed by atoms with van der Waals surface area (Å²) < 4.78 is 10.4. The molecular weight excluding hydrogens is 206 g/mol. The van der Waals surface area contributed by atoms with Gasteiger partial charge in [-0.2, -0.15) is 0 Å². The summed E-state index contributed by atoms with van der Waals surface area (Å²) in [6.45, 7) is 9.29. The molecule has 1 N–H and O–H groups in total. The standard InChI is InChI=1S/C12H25NO3/c1-6-8-13-10(11(14)15-5)9-16-12(3,4)7-2/h10,13H,6-9H2,1-5H3. The lowest BCUT2D eigenvalue weighted by Gasteiger charge is -2.26. The molecule has 4 nitrogen and oxygen atoms in total. The topological polar surface area (TPSA) is 47.6 Å². The van der Waals surface area contributed by atoms with Gasteiger partial charge in [0.05, 0.1) is 19.3 Å². The highest BCUT2D eigenvalue weighted by Crippen LogP contribution is 2.13. The first-order valence-corrected chi connectivity index (χ1v) is 5.92. The highest BCUT2D eigenvalue weighted by atomic mass is 16.5. The maximum absolute atomic E-state index is 11.5. The van der Waals surface area contributed by atoms with Gasteiger partial charge in [-0.05, 0) is 33.2 Å². The normalized spacial score (nSPS) is 13.6. The summed E-state index contributed by atoms with van der Waals surface area (Å²) in [5.74, 6) is -0.264. The lowest BCUT2D eigenvalue weighted by Crippen LogP contribution is -2.43.